The van der Waals surface area contributed by atoms with Gasteiger partial charge < -0.3 is 25.7 Å². The molecule has 4 heterocycles. The smallest absolute Gasteiger partial charge is 0.352 e. The van der Waals surface area contributed by atoms with Gasteiger partial charge in [-0.15, -0.1) is 28.2 Å². The number of fused-ring (bicyclic) bond motifs is 1. The van der Waals surface area contributed by atoms with Gasteiger partial charge in [0.25, 0.3) is 11.8 Å². The SMILES string of the molecule is CCCCCCON=C(C(=O)NC1C(=O)N2C(C(=O)O)=C(CSc3nnnn3CC(=O)O)CS[C@H]12)c1csc(NC=O)n1. The highest BCUT2D eigenvalue weighted by atomic mass is 32.2. The van der Waals surface area contributed by atoms with E-state index in [2.05, 4.69) is 43.2 Å². The van der Waals surface area contributed by atoms with Gasteiger partial charge in [-0.05, 0) is 28.8 Å². The predicted octanol–water partition coefficient (Wildman–Crippen LogP) is 0.614. The lowest BCUT2D eigenvalue weighted by molar-refractivity contribution is -0.150. The van der Waals surface area contributed by atoms with Crippen LogP contribution in [-0.2, 0) is 35.4 Å². The Labute approximate surface area is 256 Å². The molecule has 230 valence electrons. The number of rotatable bonds is 17. The number of carboxylic acid groups (broad SMARTS) is 2. The lowest BCUT2D eigenvalue weighted by Gasteiger charge is -2.49. The van der Waals surface area contributed by atoms with Gasteiger partial charge in [-0.2, -0.15) is 0 Å². The second-order valence-corrected chi connectivity index (χ2v) is 12.0. The van der Waals surface area contributed by atoms with Crippen LogP contribution in [0.5, 0.6) is 0 Å². The Hall–Kier alpha value is -4.04. The Balaban J connectivity index is 1.46. The van der Waals surface area contributed by atoms with E-state index in [0.717, 1.165) is 58.4 Å². The fourth-order valence-electron chi connectivity index (χ4n) is 4.09. The largest absolute Gasteiger partial charge is 0.480 e. The van der Waals surface area contributed by atoms with E-state index in [-0.39, 0.29) is 45.5 Å². The average Bonchev–Trinajstić information content (AvgIpc) is 3.62. The number of anilines is 1. The maximum Gasteiger partial charge on any atom is 0.352 e. The first-order valence-corrected chi connectivity index (χ1v) is 15.8. The van der Waals surface area contributed by atoms with E-state index < -0.39 is 41.7 Å². The molecule has 0 spiro atoms. The summed E-state index contributed by atoms with van der Waals surface area (Å²) < 4.78 is 1.07. The van der Waals surface area contributed by atoms with Crippen LogP contribution >= 0.6 is 34.9 Å². The van der Waals surface area contributed by atoms with Gasteiger partial charge in [0.1, 0.15) is 36.0 Å². The van der Waals surface area contributed by atoms with Crippen LogP contribution in [0.1, 0.15) is 38.3 Å². The van der Waals surface area contributed by atoms with Crippen molar-refractivity contribution in [2.24, 2.45) is 5.16 Å². The van der Waals surface area contributed by atoms with E-state index in [1.165, 1.54) is 17.1 Å². The van der Waals surface area contributed by atoms with Crippen LogP contribution in [0.2, 0.25) is 0 Å². The lowest BCUT2D eigenvalue weighted by atomic mass is 10.0. The van der Waals surface area contributed by atoms with Crippen LogP contribution in [-0.4, -0.2) is 106 Å². The number of carboxylic acids is 2. The molecule has 2 atom stereocenters. The van der Waals surface area contributed by atoms with Crippen LogP contribution in [0, 0.1) is 0 Å². The minimum atomic E-state index is -1.32. The molecule has 2 aliphatic heterocycles. The zero-order valence-electron chi connectivity index (χ0n) is 22.7. The molecule has 3 amide bonds. The van der Waals surface area contributed by atoms with Crippen LogP contribution in [0.25, 0.3) is 0 Å². The van der Waals surface area contributed by atoms with Crippen molar-refractivity contribution in [2.75, 3.05) is 23.4 Å². The Morgan fingerprint density at radius 3 is 2.81 bits per heavy atom. The third-order valence-corrected chi connectivity index (χ3v) is 9.24. The molecule has 0 saturated carbocycles. The highest BCUT2D eigenvalue weighted by Gasteiger charge is 2.54. The van der Waals surface area contributed by atoms with E-state index in [1.54, 1.807) is 0 Å². The topological polar surface area (TPSA) is 231 Å². The number of carbonyl (C=O) groups is 5. The van der Waals surface area contributed by atoms with Gasteiger partial charge in [-0.1, -0.05) is 36.7 Å². The number of oxime groups is 1. The van der Waals surface area contributed by atoms with Gasteiger partial charge in [0.15, 0.2) is 10.8 Å². The average molecular weight is 654 g/mol. The monoisotopic (exact) mass is 653 g/mol. The maximum absolute atomic E-state index is 13.3. The number of hydrogen-bond donors (Lipinski definition) is 4. The predicted molar refractivity (Wildman–Crippen MR) is 154 cm³/mol. The normalized spacial score (nSPS) is 18.1. The molecule has 0 aromatic carbocycles. The first-order chi connectivity index (χ1) is 20.7. The standard InChI is InChI=1S/C23H27N9O8S3/c1-2-3-4-5-6-40-28-15(13-10-42-22(25-13)24-11-33)18(36)26-16-19(37)32-17(21(38)39)12(8-41-20(16)32)9-43-23-27-29-30-31(23)7-14(34)35/h10-11,16,20H,2-9H2,1H3,(H,26,36)(H,34,35)(H,38,39)(H,24,25,33)/t16?,20-/m1/s1. The Morgan fingerprint density at radius 1 is 1.28 bits per heavy atom. The summed E-state index contributed by atoms with van der Waals surface area (Å²) in [5.74, 6) is -3.51. The number of nitrogens with zero attached hydrogens (tertiary/aromatic N) is 7. The number of thiazole rings is 1. The Bertz CT molecular complexity index is 1440. The molecule has 0 bridgehead atoms. The first-order valence-electron chi connectivity index (χ1n) is 12.9. The number of tetrazole rings is 1. The molecular weight excluding hydrogens is 627 g/mol. The second kappa shape index (κ2) is 14.9. The summed E-state index contributed by atoms with van der Waals surface area (Å²) in [6, 6.07) is -1.04. The highest BCUT2D eigenvalue weighted by Crippen LogP contribution is 2.41. The number of nitrogens with one attached hydrogen (secondary N) is 2. The minimum absolute atomic E-state index is 0.0928. The summed E-state index contributed by atoms with van der Waals surface area (Å²) in [5.41, 5.74) is 0.148. The van der Waals surface area contributed by atoms with E-state index in [0.29, 0.717) is 12.0 Å². The number of aromatic nitrogens is 5. The van der Waals surface area contributed by atoms with Gasteiger partial charge in [-0.3, -0.25) is 24.1 Å². The van der Waals surface area contributed by atoms with Crippen LogP contribution < -0.4 is 10.6 Å². The highest BCUT2D eigenvalue weighted by molar-refractivity contribution is 8.01. The van der Waals surface area contributed by atoms with E-state index in [9.17, 15) is 29.1 Å². The van der Waals surface area contributed by atoms with Crippen molar-refractivity contribution in [3.05, 3.63) is 22.3 Å². The molecule has 1 fully saturated rings. The molecule has 43 heavy (non-hydrogen) atoms. The molecule has 0 aliphatic carbocycles. The molecule has 2 aliphatic rings. The number of thioether (sulfide) groups is 2. The third-order valence-electron chi connectivity index (χ3n) is 6.09. The summed E-state index contributed by atoms with van der Waals surface area (Å²) in [5, 5.41) is 40.1. The number of aliphatic carboxylic acids is 2. The van der Waals surface area contributed by atoms with Gasteiger partial charge in [0.05, 0.1) is 0 Å². The molecule has 1 saturated heterocycles. The molecule has 17 nitrogen and oxygen atoms in total. The van der Waals surface area contributed by atoms with Gasteiger partial charge in [-0.25, -0.2) is 14.5 Å². The van der Waals surface area contributed by atoms with Crippen molar-refractivity contribution < 1.29 is 39.0 Å². The number of amides is 3. The van der Waals surface area contributed by atoms with Gasteiger partial charge in [0.2, 0.25) is 11.6 Å². The Morgan fingerprint density at radius 2 is 2.09 bits per heavy atom. The first kappa shape index (κ1) is 31.9. The summed E-state index contributed by atoms with van der Waals surface area (Å²) in [7, 11) is 0. The summed E-state index contributed by atoms with van der Waals surface area (Å²) in [6.07, 6.45) is 4.19. The number of unbranched alkanes of at least 4 members (excludes halogenated alkanes) is 3. The van der Waals surface area contributed by atoms with Crippen molar-refractivity contribution >= 4 is 75.9 Å². The molecule has 0 radical (unpaired) electrons. The van der Waals surface area contributed by atoms with Crippen molar-refractivity contribution in [2.45, 2.75) is 55.7 Å². The lowest BCUT2D eigenvalue weighted by Crippen LogP contribution is -2.71. The number of carbonyl (C=O) groups excluding carboxylic acids is 3. The Kier molecular flexibility index (Phi) is 11.1. The van der Waals surface area contributed by atoms with Crippen LogP contribution in [0.15, 0.2) is 27.0 Å². The summed E-state index contributed by atoms with van der Waals surface area (Å²) >= 11 is 3.38. The van der Waals surface area contributed by atoms with Crippen LogP contribution in [0.4, 0.5) is 5.13 Å². The van der Waals surface area contributed by atoms with Crippen molar-refractivity contribution in [3.63, 3.8) is 0 Å². The zero-order chi connectivity index (χ0) is 30.9. The molecular formula is C23H27N9O8S3. The summed E-state index contributed by atoms with van der Waals surface area (Å²) in [6.45, 7) is 1.88. The number of hydrogen-bond acceptors (Lipinski definition) is 14. The fraction of sp³-hybridized carbons (Fsp3) is 0.478. The van der Waals surface area contributed by atoms with Gasteiger partial charge >= 0.3 is 11.9 Å². The van der Waals surface area contributed by atoms with Crippen LogP contribution in [0.3, 0.4) is 0 Å². The van der Waals surface area contributed by atoms with Crippen molar-refractivity contribution in [3.8, 4) is 0 Å². The quantitative estimate of drug-likeness (QED) is 0.0458. The molecule has 2 aromatic heterocycles. The van der Waals surface area contributed by atoms with E-state index in [1.807, 2.05) is 0 Å². The zero-order valence-corrected chi connectivity index (χ0v) is 25.1. The van der Waals surface area contributed by atoms with Gasteiger partial charge in [0, 0.05) is 16.9 Å². The molecule has 4 N–H and O–H groups in total. The van der Waals surface area contributed by atoms with E-state index in [4.69, 9.17) is 9.94 Å². The molecule has 2 aromatic rings. The van der Waals surface area contributed by atoms with Crippen molar-refractivity contribution in [1.82, 2.24) is 35.4 Å². The number of β-lactam (4-membered cyclic amide) rings is 1. The summed E-state index contributed by atoms with van der Waals surface area (Å²) in [4.78, 5) is 71.2. The third kappa shape index (κ3) is 7.68. The second-order valence-electron chi connectivity index (χ2n) is 9.05. The minimum Gasteiger partial charge on any atom is -0.480 e. The molecule has 4 rings (SSSR count). The fourth-order valence-corrected chi connectivity index (χ4v) is 7.11. The van der Waals surface area contributed by atoms with Crippen molar-refractivity contribution in [1.29, 1.82) is 0 Å². The maximum atomic E-state index is 13.3. The molecule has 1 unspecified atom stereocenters. The molecule has 20 heteroatoms. The van der Waals surface area contributed by atoms with E-state index >= 15 is 0 Å².